The summed E-state index contributed by atoms with van der Waals surface area (Å²) in [5, 5.41) is 0. The van der Waals surface area contributed by atoms with Crippen molar-refractivity contribution in [1.82, 2.24) is 9.21 Å². The van der Waals surface area contributed by atoms with E-state index >= 15 is 0 Å². The molecule has 0 atom stereocenters. The smallest absolute Gasteiger partial charge is 0.246 e. The number of amides is 1. The van der Waals surface area contributed by atoms with Crippen molar-refractivity contribution in [2.75, 3.05) is 39.5 Å². The predicted octanol–water partition coefficient (Wildman–Crippen LogP) is -0.0485. The number of benzene rings is 1. The van der Waals surface area contributed by atoms with E-state index in [-0.39, 0.29) is 34.5 Å². The molecule has 0 N–H and O–H groups in total. The van der Waals surface area contributed by atoms with Crippen molar-refractivity contribution in [3.63, 3.8) is 0 Å². The van der Waals surface area contributed by atoms with Gasteiger partial charge in [-0.25, -0.2) is 16.8 Å². The molecule has 0 spiro atoms. The Morgan fingerprint density at radius 1 is 1.08 bits per heavy atom. The molecule has 1 heterocycles. The Labute approximate surface area is 142 Å². The minimum Gasteiger partial charge on any atom is -0.495 e. The largest absolute Gasteiger partial charge is 0.495 e. The lowest BCUT2D eigenvalue weighted by molar-refractivity contribution is -0.129. The number of carbonyl (C=O) groups is 1. The zero-order chi connectivity index (χ0) is 18.1. The van der Waals surface area contributed by atoms with Gasteiger partial charge >= 0.3 is 0 Å². The van der Waals surface area contributed by atoms with Crippen molar-refractivity contribution in [2.24, 2.45) is 0 Å². The third-order valence-corrected chi connectivity index (χ3v) is 6.90. The molecular formula is C14H20N2O6S2. The number of sulfone groups is 1. The van der Waals surface area contributed by atoms with Crippen LogP contribution in [0.25, 0.3) is 0 Å². The second kappa shape index (κ2) is 6.69. The molecule has 0 aromatic heterocycles. The maximum Gasteiger partial charge on any atom is 0.246 e. The number of hydrogen-bond donors (Lipinski definition) is 0. The van der Waals surface area contributed by atoms with Crippen LogP contribution < -0.4 is 4.74 Å². The molecule has 134 valence electrons. The Kier molecular flexibility index (Phi) is 5.21. The number of hydrogen-bond acceptors (Lipinski definition) is 6. The van der Waals surface area contributed by atoms with Gasteiger partial charge in [0.05, 0.1) is 12.0 Å². The van der Waals surface area contributed by atoms with Gasteiger partial charge in [-0.3, -0.25) is 4.79 Å². The van der Waals surface area contributed by atoms with Crippen molar-refractivity contribution in [3.8, 4) is 5.75 Å². The second-order valence-corrected chi connectivity index (χ2v) is 9.42. The molecule has 0 saturated carbocycles. The number of nitrogens with zero attached hydrogens (tertiary/aromatic N) is 2. The third-order valence-electron chi connectivity index (χ3n) is 3.87. The summed E-state index contributed by atoms with van der Waals surface area (Å²) in [4.78, 5) is 12.6. The Bertz CT molecular complexity index is 840. The lowest BCUT2D eigenvalue weighted by Gasteiger charge is -2.33. The van der Waals surface area contributed by atoms with Crippen LogP contribution in [-0.2, 0) is 24.7 Å². The van der Waals surface area contributed by atoms with Crippen LogP contribution in [0, 0.1) is 0 Å². The van der Waals surface area contributed by atoms with Crippen molar-refractivity contribution in [1.29, 1.82) is 0 Å². The van der Waals surface area contributed by atoms with Gasteiger partial charge in [0, 0.05) is 39.4 Å². The van der Waals surface area contributed by atoms with Gasteiger partial charge in [0.1, 0.15) is 10.6 Å². The highest BCUT2D eigenvalue weighted by Crippen LogP contribution is 2.30. The summed E-state index contributed by atoms with van der Waals surface area (Å²) < 4.78 is 55.5. The van der Waals surface area contributed by atoms with E-state index in [0.29, 0.717) is 13.1 Å². The number of carbonyl (C=O) groups excluding carboxylic acids is 1. The number of sulfonamides is 1. The molecular weight excluding hydrogens is 356 g/mol. The molecule has 24 heavy (non-hydrogen) atoms. The minimum absolute atomic E-state index is 0.0800. The van der Waals surface area contributed by atoms with Crippen molar-refractivity contribution in [2.45, 2.75) is 16.7 Å². The summed E-state index contributed by atoms with van der Waals surface area (Å²) in [7, 11) is -6.16. The number of ether oxygens (including phenoxy) is 1. The quantitative estimate of drug-likeness (QED) is 0.730. The molecule has 1 amide bonds. The molecule has 10 heteroatoms. The van der Waals surface area contributed by atoms with E-state index in [0.717, 1.165) is 12.3 Å². The maximum atomic E-state index is 12.9. The summed E-state index contributed by atoms with van der Waals surface area (Å²) in [6.45, 7) is 2.32. The van der Waals surface area contributed by atoms with E-state index in [4.69, 9.17) is 4.74 Å². The lowest BCUT2D eigenvalue weighted by atomic mass is 10.3. The van der Waals surface area contributed by atoms with Gasteiger partial charge < -0.3 is 9.64 Å². The van der Waals surface area contributed by atoms with E-state index in [1.807, 2.05) is 0 Å². The molecule has 8 nitrogen and oxygen atoms in total. The van der Waals surface area contributed by atoms with Crippen LogP contribution in [0.3, 0.4) is 0 Å². The fourth-order valence-corrected chi connectivity index (χ4v) is 4.80. The average molecular weight is 376 g/mol. The van der Waals surface area contributed by atoms with Crippen molar-refractivity contribution in [3.05, 3.63) is 18.2 Å². The topological polar surface area (TPSA) is 101 Å². The lowest BCUT2D eigenvalue weighted by Crippen LogP contribution is -2.49. The molecule has 1 aliphatic rings. The summed E-state index contributed by atoms with van der Waals surface area (Å²) in [5.74, 6) is -0.0277. The first-order valence-corrected chi connectivity index (χ1v) is 10.5. The van der Waals surface area contributed by atoms with Crippen LogP contribution in [0.5, 0.6) is 5.75 Å². The van der Waals surface area contributed by atoms with Gasteiger partial charge in [0.15, 0.2) is 9.84 Å². The highest BCUT2D eigenvalue weighted by molar-refractivity contribution is 7.91. The number of methoxy groups -OCH3 is 1. The van der Waals surface area contributed by atoms with E-state index in [2.05, 4.69) is 0 Å². The highest BCUT2D eigenvalue weighted by Gasteiger charge is 2.32. The van der Waals surface area contributed by atoms with Crippen LogP contribution in [0.4, 0.5) is 0 Å². The monoisotopic (exact) mass is 376 g/mol. The van der Waals surface area contributed by atoms with E-state index in [1.54, 1.807) is 4.90 Å². The molecule has 0 aliphatic carbocycles. The van der Waals surface area contributed by atoms with Gasteiger partial charge in [-0.05, 0) is 18.2 Å². The second-order valence-electron chi connectivity index (χ2n) is 5.49. The first-order valence-electron chi connectivity index (χ1n) is 7.21. The normalized spacial score (nSPS) is 16.9. The van der Waals surface area contributed by atoms with E-state index in [1.165, 1.54) is 30.5 Å². The summed E-state index contributed by atoms with van der Waals surface area (Å²) in [5.41, 5.74) is 0. The summed E-state index contributed by atoms with van der Waals surface area (Å²) in [6.07, 6.45) is 1.01. The molecule has 0 unspecified atom stereocenters. The Balaban J connectivity index is 2.40. The third kappa shape index (κ3) is 3.70. The fraction of sp³-hybridized carbons (Fsp3) is 0.500. The van der Waals surface area contributed by atoms with E-state index in [9.17, 15) is 21.6 Å². The summed E-state index contributed by atoms with van der Waals surface area (Å²) in [6, 6.07) is 3.75. The SMILES string of the molecule is COc1ccc(S(C)(=O)=O)cc1S(=O)(=O)N1CCN(C(C)=O)CC1. The molecule has 0 bridgehead atoms. The predicted molar refractivity (Wildman–Crippen MR) is 87.1 cm³/mol. The van der Waals surface area contributed by atoms with Crippen molar-refractivity contribution < 1.29 is 26.4 Å². The first-order chi connectivity index (χ1) is 11.1. The highest BCUT2D eigenvalue weighted by atomic mass is 32.2. The van der Waals surface area contributed by atoms with Crippen LogP contribution >= 0.6 is 0 Å². The van der Waals surface area contributed by atoms with Crippen molar-refractivity contribution >= 4 is 25.8 Å². The molecule has 2 rings (SSSR count). The van der Waals surface area contributed by atoms with Gasteiger partial charge in [0.2, 0.25) is 15.9 Å². The van der Waals surface area contributed by atoms with Crippen LogP contribution in [0.15, 0.2) is 28.0 Å². The van der Waals surface area contributed by atoms with Gasteiger partial charge in [0.25, 0.3) is 0 Å². The molecule has 1 saturated heterocycles. The Morgan fingerprint density at radius 2 is 1.67 bits per heavy atom. The van der Waals surface area contributed by atoms with Crippen LogP contribution in [-0.4, -0.2) is 71.5 Å². The average Bonchev–Trinajstić information content (AvgIpc) is 2.53. The molecule has 0 radical (unpaired) electrons. The van der Waals surface area contributed by atoms with Gasteiger partial charge in [-0.15, -0.1) is 0 Å². The Hall–Kier alpha value is -1.65. The van der Waals surface area contributed by atoms with Crippen LogP contribution in [0.2, 0.25) is 0 Å². The van der Waals surface area contributed by atoms with E-state index < -0.39 is 19.9 Å². The Morgan fingerprint density at radius 3 is 2.12 bits per heavy atom. The molecule has 1 aromatic rings. The zero-order valence-electron chi connectivity index (χ0n) is 13.7. The maximum absolute atomic E-state index is 12.9. The first kappa shape index (κ1) is 18.7. The van der Waals surface area contributed by atoms with Crippen LogP contribution in [0.1, 0.15) is 6.92 Å². The molecule has 1 fully saturated rings. The molecule has 1 aromatic carbocycles. The van der Waals surface area contributed by atoms with Gasteiger partial charge in [-0.1, -0.05) is 0 Å². The summed E-state index contributed by atoms with van der Waals surface area (Å²) >= 11 is 0. The minimum atomic E-state index is -3.93. The molecule has 1 aliphatic heterocycles. The number of rotatable bonds is 4. The standard InChI is InChI=1S/C14H20N2O6S2/c1-11(17)15-6-8-16(9-7-15)24(20,21)14-10-12(23(3,18)19)4-5-13(14)22-2/h4-5,10H,6-9H2,1-3H3. The van der Waals surface area contributed by atoms with Gasteiger partial charge in [-0.2, -0.15) is 4.31 Å². The fourth-order valence-electron chi connectivity index (χ4n) is 2.47. The number of piperazine rings is 1. The zero-order valence-corrected chi connectivity index (χ0v) is 15.4.